The van der Waals surface area contributed by atoms with Crippen molar-refractivity contribution in [2.75, 3.05) is 18.6 Å². The first kappa shape index (κ1) is 32.0. The largest absolute Gasteiger partial charge is 0.342 e. The zero-order valence-corrected chi connectivity index (χ0v) is 22.4. The van der Waals surface area contributed by atoms with Crippen LogP contribution in [0.3, 0.4) is 0 Å². The Morgan fingerprint density at radius 3 is 1.85 bits per heavy atom. The van der Waals surface area contributed by atoms with Crippen LogP contribution in [0.1, 0.15) is 33.6 Å². The summed E-state index contributed by atoms with van der Waals surface area (Å²) in [6.07, 6.45) is 3.25. The summed E-state index contributed by atoms with van der Waals surface area (Å²) in [6.45, 7) is 13.4. The summed E-state index contributed by atoms with van der Waals surface area (Å²) >= 11 is 11.1. The first-order chi connectivity index (χ1) is 11.9. The van der Waals surface area contributed by atoms with Gasteiger partial charge in [-0.25, -0.2) is 0 Å². The van der Waals surface area contributed by atoms with Crippen molar-refractivity contribution < 1.29 is 30.7 Å². The Hall–Kier alpha value is 1.35. The molecule has 9 heteroatoms. The number of likely N-dealkylation sites (N-methyl/N-ethyl adjacent to an activating group) is 1. The predicted octanol–water partition coefficient (Wildman–Crippen LogP) is 3.30. The van der Waals surface area contributed by atoms with E-state index in [4.69, 9.17) is 0 Å². The third kappa shape index (κ3) is 14.4. The van der Waals surface area contributed by atoms with Crippen molar-refractivity contribution in [3.63, 3.8) is 0 Å². The number of rotatable bonds is 12. The minimum absolute atomic E-state index is 0. The van der Waals surface area contributed by atoms with Gasteiger partial charge >= 0.3 is 0 Å². The SMILES string of the molecule is C[CH-]C.[CH2-]CC(SN[C@@H](CS)C(C)=O)C(C[CH2-])SC(=O)[C@H](CS)NC.[W]. The molecule has 4 nitrogen and oxygen atoms in total. The first-order valence-corrected chi connectivity index (χ1v) is 11.2. The Morgan fingerprint density at radius 1 is 1.08 bits per heavy atom. The van der Waals surface area contributed by atoms with Crippen LogP contribution in [0.15, 0.2) is 0 Å². The summed E-state index contributed by atoms with van der Waals surface area (Å²) in [6, 6.07) is -0.565. The van der Waals surface area contributed by atoms with Gasteiger partial charge in [-0.2, -0.15) is 51.9 Å². The number of thioether (sulfide) groups is 1. The number of ketones is 1. The van der Waals surface area contributed by atoms with Crippen LogP contribution >= 0.6 is 49.0 Å². The van der Waals surface area contributed by atoms with E-state index in [1.54, 1.807) is 7.05 Å². The standard InChI is InChI=1S/C14H26N2O2S4.C3H7.W/c1-5-12(21-14(18)11(8-20)15-4)13(6-2)22-16-10(7-19)9(3)17;1-3-2;/h10-13,15-16,19-20H,1-2,5-8H2,3-4H3;3H,1-2H3;/q-2;-1;/t10-,11-,12?,13?;;/m0../s1. The van der Waals surface area contributed by atoms with Gasteiger partial charge in [-0.1, -0.05) is 23.7 Å². The van der Waals surface area contributed by atoms with Gasteiger partial charge in [0.15, 0.2) is 0 Å². The van der Waals surface area contributed by atoms with Crippen LogP contribution in [0.25, 0.3) is 0 Å². The molecule has 0 spiro atoms. The molecule has 0 aromatic carbocycles. The summed E-state index contributed by atoms with van der Waals surface area (Å²) in [5.41, 5.74) is 0. The Morgan fingerprint density at radius 2 is 1.54 bits per heavy atom. The third-order valence-electron chi connectivity index (χ3n) is 3.10. The fourth-order valence-electron chi connectivity index (χ4n) is 1.57. The maximum Gasteiger partial charge on any atom is 0.206 e. The van der Waals surface area contributed by atoms with Crippen LogP contribution < -0.4 is 10.0 Å². The van der Waals surface area contributed by atoms with E-state index >= 15 is 0 Å². The summed E-state index contributed by atoms with van der Waals surface area (Å²) < 4.78 is 3.13. The van der Waals surface area contributed by atoms with E-state index in [2.05, 4.69) is 49.1 Å². The maximum atomic E-state index is 12.2. The van der Waals surface area contributed by atoms with Crippen LogP contribution in [0.4, 0.5) is 0 Å². The number of hydrogen-bond acceptors (Lipinski definition) is 8. The van der Waals surface area contributed by atoms with E-state index in [1.165, 1.54) is 30.6 Å². The van der Waals surface area contributed by atoms with Gasteiger partial charge in [-0.15, -0.1) is 0 Å². The number of nitrogens with one attached hydrogen (secondary N) is 2. The van der Waals surface area contributed by atoms with Crippen molar-refractivity contribution in [1.82, 2.24) is 10.0 Å². The monoisotopic (exact) mass is 609 g/mol. The molecule has 0 aliphatic rings. The molecule has 4 atom stereocenters. The van der Waals surface area contributed by atoms with Crippen LogP contribution in [-0.2, 0) is 30.7 Å². The smallest absolute Gasteiger partial charge is 0.206 e. The molecule has 2 unspecified atom stereocenters. The van der Waals surface area contributed by atoms with Crippen LogP contribution in [-0.4, -0.2) is 52.0 Å². The average Bonchev–Trinajstić information content (AvgIpc) is 2.58. The summed E-state index contributed by atoms with van der Waals surface area (Å²) in [4.78, 5) is 23.6. The minimum Gasteiger partial charge on any atom is -0.342 e. The van der Waals surface area contributed by atoms with Crippen molar-refractivity contribution in [1.29, 1.82) is 0 Å². The number of carbonyl (C=O) groups is 2. The summed E-state index contributed by atoms with van der Waals surface area (Å²) in [7, 11) is 1.75. The van der Waals surface area contributed by atoms with Crippen LogP contribution in [0.2, 0.25) is 0 Å². The van der Waals surface area contributed by atoms with Gasteiger partial charge < -0.3 is 25.6 Å². The molecule has 0 aliphatic carbocycles. The Balaban J connectivity index is -0.00000123. The Kier molecular flexibility index (Phi) is 25.9. The van der Waals surface area contributed by atoms with Gasteiger partial charge in [0.1, 0.15) is 5.78 Å². The second-order valence-electron chi connectivity index (χ2n) is 5.27. The van der Waals surface area contributed by atoms with Crippen molar-refractivity contribution in [2.45, 2.75) is 56.2 Å². The van der Waals surface area contributed by atoms with Crippen molar-refractivity contribution in [3.8, 4) is 0 Å². The molecule has 2 N–H and O–H groups in total. The van der Waals surface area contributed by atoms with E-state index in [0.29, 0.717) is 24.3 Å². The molecular weight excluding hydrogens is 576 g/mol. The topological polar surface area (TPSA) is 58.2 Å². The molecule has 0 aromatic rings. The van der Waals surface area contributed by atoms with E-state index < -0.39 is 0 Å². The van der Waals surface area contributed by atoms with E-state index in [1.807, 2.05) is 20.3 Å². The zero-order valence-electron chi connectivity index (χ0n) is 16.1. The fourth-order valence-corrected chi connectivity index (χ4v) is 4.92. The number of hydrogen-bond donors (Lipinski definition) is 4. The van der Waals surface area contributed by atoms with Gasteiger partial charge in [-0.05, 0) is 19.2 Å². The zero-order chi connectivity index (χ0) is 19.8. The average molecular weight is 610 g/mol. The van der Waals surface area contributed by atoms with Gasteiger partial charge in [-0.3, -0.25) is 14.3 Å². The molecule has 0 aromatic heterocycles. The Bertz CT molecular complexity index is 362. The van der Waals surface area contributed by atoms with Crippen LogP contribution in [0, 0.1) is 20.3 Å². The Labute approximate surface area is 194 Å². The second kappa shape index (κ2) is 21.1. The number of Topliss-reactive ketones (excluding diaryl/α,β-unsaturated/α-hetero) is 1. The molecule has 0 fully saturated rings. The van der Waals surface area contributed by atoms with Crippen molar-refractivity contribution >= 4 is 59.9 Å². The summed E-state index contributed by atoms with van der Waals surface area (Å²) in [5.74, 6) is 0.943. The van der Waals surface area contributed by atoms with Crippen molar-refractivity contribution in [2.24, 2.45) is 0 Å². The quantitative estimate of drug-likeness (QED) is 0.155. The van der Waals surface area contributed by atoms with Crippen LogP contribution in [0.5, 0.6) is 0 Å². The van der Waals surface area contributed by atoms with Crippen molar-refractivity contribution in [3.05, 3.63) is 20.3 Å². The van der Waals surface area contributed by atoms with Gasteiger partial charge in [0.2, 0.25) is 5.12 Å². The molecule has 26 heavy (non-hydrogen) atoms. The van der Waals surface area contributed by atoms with E-state index in [-0.39, 0.29) is 54.5 Å². The molecule has 0 heterocycles. The normalized spacial score (nSPS) is 14.9. The van der Waals surface area contributed by atoms with Gasteiger partial charge in [0, 0.05) is 37.8 Å². The maximum absolute atomic E-state index is 12.2. The summed E-state index contributed by atoms with van der Waals surface area (Å²) in [5, 5.41) is 3.13. The molecular formula is C17H33N2O2S4W-3. The molecule has 156 valence electrons. The molecule has 0 saturated heterocycles. The second-order valence-corrected chi connectivity index (χ2v) is 8.32. The predicted molar refractivity (Wildman–Crippen MR) is 122 cm³/mol. The first-order valence-electron chi connectivity index (χ1n) is 8.20. The van der Waals surface area contributed by atoms with Gasteiger partial charge in [0.25, 0.3) is 0 Å². The molecule has 0 amide bonds. The fraction of sp³-hybridized carbons (Fsp3) is 0.706. The van der Waals surface area contributed by atoms with E-state index in [0.717, 1.165) is 0 Å². The molecule has 0 bridgehead atoms. The minimum atomic E-state index is -0.295. The van der Waals surface area contributed by atoms with E-state index in [9.17, 15) is 9.59 Å². The molecule has 0 rings (SSSR count). The number of thiol groups is 2. The van der Waals surface area contributed by atoms with Gasteiger partial charge in [0.05, 0.1) is 12.1 Å². The number of carbonyl (C=O) groups excluding carboxylic acids is 2. The molecule has 0 saturated carbocycles. The molecule has 0 radical (unpaired) electrons. The molecule has 0 aliphatic heterocycles. The third-order valence-corrected chi connectivity index (χ3v) is 6.68.